The molecule has 1 aromatic carbocycles. The molecule has 0 unspecified atom stereocenters. The lowest BCUT2D eigenvalue weighted by Gasteiger charge is -2.07. The van der Waals surface area contributed by atoms with E-state index < -0.39 is 5.97 Å². The van der Waals surface area contributed by atoms with Crippen LogP contribution in [0.15, 0.2) is 30.3 Å². The molecule has 6 heteroatoms. The van der Waals surface area contributed by atoms with E-state index in [-0.39, 0.29) is 23.7 Å². The second-order valence-electron chi connectivity index (χ2n) is 4.45. The number of nitrogens with zero attached hydrogens (tertiary/aromatic N) is 2. The van der Waals surface area contributed by atoms with E-state index >= 15 is 0 Å². The summed E-state index contributed by atoms with van der Waals surface area (Å²) >= 11 is 0. The van der Waals surface area contributed by atoms with Crippen molar-refractivity contribution in [2.24, 2.45) is 7.05 Å². The van der Waals surface area contributed by atoms with Gasteiger partial charge in [-0.25, -0.2) is 4.79 Å². The monoisotopic (exact) mass is 273 g/mol. The molecule has 1 heterocycles. The number of benzene rings is 1. The van der Waals surface area contributed by atoms with Gasteiger partial charge in [0, 0.05) is 7.05 Å². The summed E-state index contributed by atoms with van der Waals surface area (Å²) in [4.78, 5) is 23.2. The molecule has 0 atom stereocenters. The summed E-state index contributed by atoms with van der Waals surface area (Å²) in [6.45, 7) is 1.59. The van der Waals surface area contributed by atoms with Crippen LogP contribution in [0, 0.1) is 6.92 Å². The predicted molar refractivity (Wildman–Crippen MR) is 73.7 cm³/mol. The minimum Gasteiger partial charge on any atom is -0.477 e. The largest absolute Gasteiger partial charge is 0.477 e. The molecule has 2 N–H and O–H groups in total. The number of carbonyl (C=O) groups is 2. The Kier molecular flexibility index (Phi) is 3.84. The quantitative estimate of drug-likeness (QED) is 0.886. The summed E-state index contributed by atoms with van der Waals surface area (Å²) in [6.07, 6.45) is 0.185. The highest BCUT2D eigenvalue weighted by Crippen LogP contribution is 2.18. The minimum absolute atomic E-state index is 0.0221. The van der Waals surface area contributed by atoms with E-state index in [1.54, 1.807) is 14.0 Å². The van der Waals surface area contributed by atoms with E-state index in [0.717, 1.165) is 5.56 Å². The van der Waals surface area contributed by atoms with Crippen LogP contribution in [0.4, 0.5) is 5.82 Å². The number of aromatic carboxylic acids is 1. The molecule has 1 aromatic heterocycles. The minimum atomic E-state index is -1.11. The van der Waals surface area contributed by atoms with Crippen molar-refractivity contribution in [1.82, 2.24) is 9.78 Å². The van der Waals surface area contributed by atoms with Gasteiger partial charge < -0.3 is 10.4 Å². The number of aromatic nitrogens is 2. The van der Waals surface area contributed by atoms with E-state index in [1.165, 1.54) is 4.68 Å². The zero-order valence-corrected chi connectivity index (χ0v) is 11.3. The summed E-state index contributed by atoms with van der Waals surface area (Å²) in [5, 5.41) is 15.8. The van der Waals surface area contributed by atoms with Gasteiger partial charge in [-0.15, -0.1) is 0 Å². The van der Waals surface area contributed by atoms with Gasteiger partial charge in [0.15, 0.2) is 0 Å². The van der Waals surface area contributed by atoms with E-state index in [9.17, 15) is 9.59 Å². The Hall–Kier alpha value is -2.63. The van der Waals surface area contributed by atoms with Crippen molar-refractivity contribution in [3.05, 3.63) is 47.2 Å². The number of hydrogen-bond acceptors (Lipinski definition) is 3. The zero-order valence-electron chi connectivity index (χ0n) is 11.3. The van der Waals surface area contributed by atoms with E-state index in [2.05, 4.69) is 10.4 Å². The lowest BCUT2D eigenvalue weighted by Crippen LogP contribution is -2.18. The lowest BCUT2D eigenvalue weighted by molar-refractivity contribution is -0.115. The highest BCUT2D eigenvalue weighted by molar-refractivity contribution is 6.00. The second-order valence-corrected chi connectivity index (χ2v) is 4.45. The van der Waals surface area contributed by atoms with Crippen LogP contribution in [-0.4, -0.2) is 26.8 Å². The maximum absolute atomic E-state index is 12.0. The molecule has 0 saturated heterocycles. The molecule has 0 fully saturated rings. The molecule has 104 valence electrons. The lowest BCUT2D eigenvalue weighted by atomic mass is 10.1. The number of aryl methyl sites for hydroxylation is 2. The van der Waals surface area contributed by atoms with Gasteiger partial charge in [0.25, 0.3) is 0 Å². The van der Waals surface area contributed by atoms with Gasteiger partial charge >= 0.3 is 5.97 Å². The number of carbonyl (C=O) groups excluding carboxylic acids is 1. The van der Waals surface area contributed by atoms with Crippen molar-refractivity contribution in [1.29, 1.82) is 0 Å². The maximum atomic E-state index is 12.0. The standard InChI is InChI=1S/C14H15N3O3/c1-9-12(14(19)20)13(17(2)16-9)15-11(18)8-10-6-4-3-5-7-10/h3-7H,8H2,1-2H3,(H,15,18)(H,19,20). The Labute approximate surface area is 116 Å². The Morgan fingerprint density at radius 2 is 1.95 bits per heavy atom. The molecule has 0 aliphatic rings. The van der Waals surface area contributed by atoms with Crippen LogP contribution in [0.25, 0.3) is 0 Å². The van der Waals surface area contributed by atoms with Gasteiger partial charge in [0.1, 0.15) is 11.4 Å². The molecule has 1 amide bonds. The SMILES string of the molecule is Cc1nn(C)c(NC(=O)Cc2ccccc2)c1C(=O)O. The fraction of sp³-hybridized carbons (Fsp3) is 0.214. The van der Waals surface area contributed by atoms with Crippen molar-refractivity contribution in [2.45, 2.75) is 13.3 Å². The smallest absolute Gasteiger partial charge is 0.341 e. The van der Waals surface area contributed by atoms with Crippen LogP contribution in [-0.2, 0) is 18.3 Å². The van der Waals surface area contributed by atoms with Gasteiger partial charge in [0.2, 0.25) is 5.91 Å². The van der Waals surface area contributed by atoms with Gasteiger partial charge in [-0.2, -0.15) is 5.10 Å². The molecule has 0 aliphatic heterocycles. The Morgan fingerprint density at radius 1 is 1.30 bits per heavy atom. The zero-order chi connectivity index (χ0) is 14.7. The number of carboxylic acids is 1. The number of rotatable bonds is 4. The normalized spacial score (nSPS) is 10.3. The summed E-state index contributed by atoms with van der Waals surface area (Å²) in [5.41, 5.74) is 1.25. The van der Waals surface area contributed by atoms with Crippen molar-refractivity contribution in [2.75, 3.05) is 5.32 Å². The number of carboxylic acid groups (broad SMARTS) is 1. The maximum Gasteiger partial charge on any atom is 0.341 e. The fourth-order valence-electron chi connectivity index (χ4n) is 2.02. The molecule has 0 saturated carbocycles. The number of hydrogen-bond donors (Lipinski definition) is 2. The van der Waals surface area contributed by atoms with Crippen molar-refractivity contribution < 1.29 is 14.7 Å². The fourth-order valence-corrected chi connectivity index (χ4v) is 2.02. The highest BCUT2D eigenvalue weighted by Gasteiger charge is 2.21. The molecule has 2 aromatic rings. The molecule has 0 radical (unpaired) electrons. The van der Waals surface area contributed by atoms with Crippen LogP contribution < -0.4 is 5.32 Å². The molecule has 0 spiro atoms. The van der Waals surface area contributed by atoms with Gasteiger partial charge in [-0.3, -0.25) is 9.48 Å². The average molecular weight is 273 g/mol. The third kappa shape index (κ3) is 2.85. The van der Waals surface area contributed by atoms with Crippen LogP contribution in [0.2, 0.25) is 0 Å². The molecular weight excluding hydrogens is 258 g/mol. The van der Waals surface area contributed by atoms with Gasteiger partial charge in [-0.05, 0) is 12.5 Å². The average Bonchev–Trinajstić information content (AvgIpc) is 2.65. The second kappa shape index (κ2) is 5.56. The van der Waals surface area contributed by atoms with Crippen molar-refractivity contribution in [3.8, 4) is 0 Å². The van der Waals surface area contributed by atoms with Gasteiger partial charge in [-0.1, -0.05) is 30.3 Å². The van der Waals surface area contributed by atoms with Crippen LogP contribution in [0.3, 0.4) is 0 Å². The van der Waals surface area contributed by atoms with Gasteiger partial charge in [0.05, 0.1) is 12.1 Å². The van der Waals surface area contributed by atoms with E-state index in [1.807, 2.05) is 30.3 Å². The Bertz CT molecular complexity index is 647. The Morgan fingerprint density at radius 3 is 2.55 bits per heavy atom. The summed E-state index contributed by atoms with van der Waals surface area (Å²) in [5.74, 6) is -1.18. The van der Waals surface area contributed by atoms with Crippen molar-refractivity contribution >= 4 is 17.7 Å². The third-order valence-electron chi connectivity index (χ3n) is 2.90. The summed E-state index contributed by atoms with van der Waals surface area (Å²) < 4.78 is 1.36. The first-order valence-electron chi connectivity index (χ1n) is 6.09. The number of amides is 1. The summed E-state index contributed by atoms with van der Waals surface area (Å²) in [7, 11) is 1.59. The van der Waals surface area contributed by atoms with Crippen LogP contribution in [0.1, 0.15) is 21.6 Å². The first-order chi connectivity index (χ1) is 9.49. The van der Waals surface area contributed by atoms with E-state index in [0.29, 0.717) is 5.69 Å². The molecule has 2 rings (SSSR count). The number of nitrogens with one attached hydrogen (secondary N) is 1. The van der Waals surface area contributed by atoms with E-state index in [4.69, 9.17) is 5.11 Å². The third-order valence-corrected chi connectivity index (χ3v) is 2.90. The first-order valence-corrected chi connectivity index (χ1v) is 6.09. The topological polar surface area (TPSA) is 84.2 Å². The summed E-state index contributed by atoms with van der Waals surface area (Å²) in [6, 6.07) is 9.24. The van der Waals surface area contributed by atoms with Crippen molar-refractivity contribution in [3.63, 3.8) is 0 Å². The van der Waals surface area contributed by atoms with Crippen LogP contribution in [0.5, 0.6) is 0 Å². The predicted octanol–water partition coefficient (Wildman–Crippen LogP) is 1.61. The molecular formula is C14H15N3O3. The molecule has 20 heavy (non-hydrogen) atoms. The van der Waals surface area contributed by atoms with Crippen LogP contribution >= 0.6 is 0 Å². The number of anilines is 1. The molecule has 0 bridgehead atoms. The highest BCUT2D eigenvalue weighted by atomic mass is 16.4. The Balaban J connectivity index is 2.18. The molecule has 0 aliphatic carbocycles. The molecule has 6 nitrogen and oxygen atoms in total. The first kappa shape index (κ1) is 13.8.